The lowest BCUT2D eigenvalue weighted by Crippen LogP contribution is -2.66. The van der Waals surface area contributed by atoms with E-state index in [2.05, 4.69) is 49.0 Å². The summed E-state index contributed by atoms with van der Waals surface area (Å²) in [5.74, 6) is 1.50. The molecule has 7 heteroatoms. The van der Waals surface area contributed by atoms with Crippen molar-refractivity contribution < 1.29 is 13.2 Å². The smallest absolute Gasteiger partial charge is 0.211 e. The number of piperidine rings is 2. The van der Waals surface area contributed by atoms with Crippen molar-refractivity contribution in [3.8, 4) is 5.75 Å². The first-order chi connectivity index (χ1) is 14.1. The van der Waals surface area contributed by atoms with Crippen molar-refractivity contribution >= 4 is 10.0 Å². The van der Waals surface area contributed by atoms with Crippen LogP contribution in [0.15, 0.2) is 18.2 Å². The Bertz CT molecular complexity index is 882. The van der Waals surface area contributed by atoms with Gasteiger partial charge in [-0.3, -0.25) is 0 Å². The van der Waals surface area contributed by atoms with Crippen molar-refractivity contribution in [2.45, 2.75) is 50.1 Å². The zero-order chi connectivity index (χ0) is 21.7. The highest BCUT2D eigenvalue weighted by Gasteiger charge is 2.51. The molecule has 1 aliphatic carbocycles. The number of ether oxygens (including phenoxy) is 1. The van der Waals surface area contributed by atoms with Gasteiger partial charge in [0.05, 0.1) is 13.4 Å². The Balaban J connectivity index is 1.55. The van der Waals surface area contributed by atoms with Crippen LogP contribution >= 0.6 is 0 Å². The van der Waals surface area contributed by atoms with Crippen LogP contribution in [0.1, 0.15) is 37.3 Å². The van der Waals surface area contributed by atoms with Gasteiger partial charge in [-0.1, -0.05) is 13.0 Å². The Hall–Kier alpha value is -1.15. The zero-order valence-corrected chi connectivity index (χ0v) is 19.9. The number of likely N-dealkylation sites (tertiary alicyclic amines) is 1. The molecule has 0 spiro atoms. The molecule has 3 aliphatic rings. The predicted molar refractivity (Wildman–Crippen MR) is 121 cm³/mol. The van der Waals surface area contributed by atoms with Crippen LogP contribution in [0.4, 0.5) is 0 Å². The second-order valence-corrected chi connectivity index (χ2v) is 11.9. The molecule has 0 radical (unpaired) electrons. The molecule has 0 amide bonds. The molecule has 4 rings (SSSR count). The number of hydrogen-bond donors (Lipinski definition) is 0. The molecule has 0 saturated carbocycles. The van der Waals surface area contributed by atoms with Crippen molar-refractivity contribution in [1.29, 1.82) is 0 Å². The summed E-state index contributed by atoms with van der Waals surface area (Å²) in [4.78, 5) is 5.13. The van der Waals surface area contributed by atoms with E-state index in [9.17, 15) is 8.42 Å². The first-order valence-electron chi connectivity index (χ1n) is 11.2. The molecule has 2 saturated heterocycles. The van der Waals surface area contributed by atoms with E-state index in [1.54, 1.807) is 11.4 Å². The molecule has 0 aromatic heterocycles. The summed E-state index contributed by atoms with van der Waals surface area (Å²) in [6.45, 7) is 5.90. The largest absolute Gasteiger partial charge is 0.497 e. The molecule has 168 valence electrons. The van der Waals surface area contributed by atoms with Gasteiger partial charge in [-0.15, -0.1) is 0 Å². The predicted octanol–water partition coefficient (Wildman–Crippen LogP) is 2.19. The lowest BCUT2D eigenvalue weighted by Gasteiger charge is -2.58. The summed E-state index contributed by atoms with van der Waals surface area (Å²) >= 11 is 0. The molecule has 2 bridgehead atoms. The minimum Gasteiger partial charge on any atom is -0.497 e. The molecular weight excluding hydrogens is 398 g/mol. The summed E-state index contributed by atoms with van der Waals surface area (Å²) in [5, 5.41) is 0. The van der Waals surface area contributed by atoms with Gasteiger partial charge in [0.2, 0.25) is 10.0 Å². The van der Waals surface area contributed by atoms with Crippen molar-refractivity contribution in [2.24, 2.45) is 5.92 Å². The van der Waals surface area contributed by atoms with Crippen LogP contribution < -0.4 is 4.74 Å². The molecule has 2 fully saturated rings. The van der Waals surface area contributed by atoms with Crippen molar-refractivity contribution in [2.75, 3.05) is 53.6 Å². The molecule has 30 heavy (non-hydrogen) atoms. The van der Waals surface area contributed by atoms with Gasteiger partial charge in [-0.05, 0) is 75.5 Å². The average molecular weight is 436 g/mol. The van der Waals surface area contributed by atoms with Gasteiger partial charge in [-0.2, -0.15) is 0 Å². The maximum atomic E-state index is 11.8. The highest BCUT2D eigenvalue weighted by atomic mass is 32.2. The molecule has 6 nitrogen and oxygen atoms in total. The first kappa shape index (κ1) is 22.1. The van der Waals surface area contributed by atoms with E-state index in [0.717, 1.165) is 44.5 Å². The second-order valence-electron chi connectivity index (χ2n) is 9.93. The fourth-order valence-corrected chi connectivity index (χ4v) is 7.17. The van der Waals surface area contributed by atoms with Crippen LogP contribution in [0.2, 0.25) is 0 Å². The maximum absolute atomic E-state index is 11.8. The van der Waals surface area contributed by atoms with E-state index in [0.29, 0.717) is 31.1 Å². The van der Waals surface area contributed by atoms with Crippen molar-refractivity contribution in [3.05, 3.63) is 29.3 Å². The van der Waals surface area contributed by atoms with E-state index >= 15 is 0 Å². The third kappa shape index (κ3) is 3.90. The van der Waals surface area contributed by atoms with Gasteiger partial charge in [0.25, 0.3) is 0 Å². The lowest BCUT2D eigenvalue weighted by atomic mass is 9.61. The van der Waals surface area contributed by atoms with Crippen LogP contribution in [0.3, 0.4) is 0 Å². The third-order valence-electron chi connectivity index (χ3n) is 7.99. The quantitative estimate of drug-likeness (QED) is 0.710. The summed E-state index contributed by atoms with van der Waals surface area (Å²) in [6.07, 6.45) is 5.44. The molecule has 1 aromatic carbocycles. The number of hydrogen-bond acceptors (Lipinski definition) is 5. The normalized spacial score (nSPS) is 31.0. The summed E-state index contributed by atoms with van der Waals surface area (Å²) < 4.78 is 30.9. The van der Waals surface area contributed by atoms with Gasteiger partial charge in [0, 0.05) is 37.1 Å². The van der Waals surface area contributed by atoms with Crippen LogP contribution in [-0.2, 0) is 21.9 Å². The fourth-order valence-electron chi connectivity index (χ4n) is 6.29. The van der Waals surface area contributed by atoms with Crippen molar-refractivity contribution in [1.82, 2.24) is 14.1 Å². The number of benzene rings is 1. The van der Waals surface area contributed by atoms with Gasteiger partial charge >= 0.3 is 0 Å². The molecule has 1 aromatic rings. The molecule has 3 atom stereocenters. The number of rotatable bonds is 5. The Morgan fingerprint density at radius 2 is 1.93 bits per heavy atom. The number of sulfonamides is 1. The minimum absolute atomic E-state index is 0.0987. The lowest BCUT2D eigenvalue weighted by molar-refractivity contribution is -0.00613. The molecular formula is C23H37N3O3S. The number of methoxy groups -OCH3 is 1. The Labute approximate surface area is 182 Å². The standard InChI is InChI=1S/C23H37N3O3S/c1-23-10-13-24(2)21(14-18-6-7-19(29-4)15-20(18)23)22(23)25(3)16-17-8-11-26(12-9-17)30(5,27)28/h6-7,15,17,21-22H,8-14,16H2,1-5H3/t21-,22+,23-/m1/s1. The van der Waals surface area contributed by atoms with Crippen LogP contribution in [-0.4, -0.2) is 88.2 Å². The first-order valence-corrected chi connectivity index (χ1v) is 13.0. The zero-order valence-electron chi connectivity index (χ0n) is 19.1. The number of fused-ring (bicyclic) bond motifs is 4. The maximum Gasteiger partial charge on any atom is 0.211 e. The molecule has 2 heterocycles. The van der Waals surface area contributed by atoms with Gasteiger partial charge in [0.1, 0.15) is 5.75 Å². The third-order valence-corrected chi connectivity index (χ3v) is 9.30. The van der Waals surface area contributed by atoms with E-state index in [1.807, 2.05) is 0 Å². The molecule has 0 N–H and O–H groups in total. The minimum atomic E-state index is -3.07. The van der Waals surface area contributed by atoms with E-state index in [1.165, 1.54) is 17.4 Å². The highest BCUT2D eigenvalue weighted by Crippen LogP contribution is 2.47. The molecule has 2 aliphatic heterocycles. The number of likely N-dealkylation sites (N-methyl/N-ethyl adjacent to an activating group) is 2. The van der Waals surface area contributed by atoms with Crippen LogP contribution in [0.25, 0.3) is 0 Å². The van der Waals surface area contributed by atoms with Gasteiger partial charge < -0.3 is 14.5 Å². The van der Waals surface area contributed by atoms with Crippen LogP contribution in [0.5, 0.6) is 5.75 Å². The molecule has 0 unspecified atom stereocenters. The van der Waals surface area contributed by atoms with Gasteiger partial charge in [-0.25, -0.2) is 12.7 Å². The Kier molecular flexibility index (Phi) is 5.94. The average Bonchev–Trinajstić information content (AvgIpc) is 2.70. The van der Waals surface area contributed by atoms with Crippen LogP contribution in [0, 0.1) is 5.92 Å². The van der Waals surface area contributed by atoms with Gasteiger partial charge in [0.15, 0.2) is 0 Å². The summed E-state index contributed by atoms with van der Waals surface area (Å²) in [7, 11) is 3.23. The van der Waals surface area contributed by atoms with E-state index < -0.39 is 10.0 Å². The fraction of sp³-hybridized carbons (Fsp3) is 0.739. The summed E-state index contributed by atoms with van der Waals surface area (Å²) in [5.41, 5.74) is 3.01. The van der Waals surface area contributed by atoms with E-state index in [4.69, 9.17) is 4.74 Å². The van der Waals surface area contributed by atoms with E-state index in [-0.39, 0.29) is 5.41 Å². The Morgan fingerprint density at radius 1 is 1.23 bits per heavy atom. The highest BCUT2D eigenvalue weighted by molar-refractivity contribution is 7.88. The summed E-state index contributed by atoms with van der Waals surface area (Å²) in [6, 6.07) is 7.57. The topological polar surface area (TPSA) is 53.1 Å². The van der Waals surface area contributed by atoms with Crippen molar-refractivity contribution in [3.63, 3.8) is 0 Å². The monoisotopic (exact) mass is 435 g/mol. The second kappa shape index (κ2) is 8.08. The Morgan fingerprint density at radius 3 is 2.57 bits per heavy atom. The number of nitrogens with zero attached hydrogens (tertiary/aromatic N) is 3. The SMILES string of the molecule is COc1ccc2c(c1)[C@@]1(C)CCN(C)[C@H](C2)[C@@H]1N(C)CC1CCN(S(C)(=O)=O)CC1.